The maximum Gasteiger partial charge on any atom is 0.134 e. The van der Waals surface area contributed by atoms with Crippen LogP contribution in [0.3, 0.4) is 0 Å². The molecule has 102 valence electrons. The molecular weight excluding hydrogens is 236 g/mol. The number of hydrogen-bond donors (Lipinski definition) is 1. The summed E-state index contributed by atoms with van der Waals surface area (Å²) in [6, 6.07) is 10.8. The van der Waals surface area contributed by atoms with E-state index < -0.39 is 0 Å². The first-order valence-corrected chi connectivity index (χ1v) is 7.24. The first kappa shape index (κ1) is 12.7. The van der Waals surface area contributed by atoms with E-state index in [2.05, 4.69) is 29.3 Å². The van der Waals surface area contributed by atoms with Gasteiger partial charge in [0.15, 0.2) is 0 Å². The number of fused-ring (bicyclic) bond motifs is 1. The number of rotatable bonds is 5. The topological polar surface area (TPSA) is 28.4 Å². The Labute approximate surface area is 114 Å². The molecule has 2 aromatic rings. The van der Waals surface area contributed by atoms with Crippen LogP contribution in [0.25, 0.3) is 11.0 Å². The zero-order valence-electron chi connectivity index (χ0n) is 11.6. The molecule has 1 N–H and O–H groups in total. The van der Waals surface area contributed by atoms with Crippen LogP contribution < -0.4 is 5.32 Å². The fourth-order valence-corrected chi connectivity index (χ4v) is 2.82. The van der Waals surface area contributed by atoms with Crippen LogP contribution in [0.15, 0.2) is 34.7 Å². The highest BCUT2D eigenvalue weighted by atomic mass is 16.3. The summed E-state index contributed by atoms with van der Waals surface area (Å²) in [6.45, 7) is 6.72. The van der Waals surface area contributed by atoms with E-state index in [4.69, 9.17) is 4.42 Å². The van der Waals surface area contributed by atoms with E-state index in [1.54, 1.807) is 0 Å². The number of furan rings is 1. The van der Waals surface area contributed by atoms with Crippen molar-refractivity contribution in [2.24, 2.45) is 0 Å². The molecule has 3 nitrogen and oxygen atoms in total. The van der Waals surface area contributed by atoms with Gasteiger partial charge in [-0.2, -0.15) is 0 Å². The third kappa shape index (κ3) is 3.17. The van der Waals surface area contributed by atoms with Crippen LogP contribution in [0.5, 0.6) is 0 Å². The molecule has 3 rings (SSSR count). The highest BCUT2D eigenvalue weighted by molar-refractivity contribution is 5.77. The molecule has 1 saturated heterocycles. The summed E-state index contributed by atoms with van der Waals surface area (Å²) < 4.78 is 5.81. The quantitative estimate of drug-likeness (QED) is 0.893. The summed E-state index contributed by atoms with van der Waals surface area (Å²) >= 11 is 0. The van der Waals surface area contributed by atoms with Gasteiger partial charge in [-0.15, -0.1) is 0 Å². The SMILES string of the molecule is CC(CN1CCCC1)NCc1cc2ccccc2o1. The lowest BCUT2D eigenvalue weighted by Crippen LogP contribution is -2.37. The van der Waals surface area contributed by atoms with E-state index in [0.29, 0.717) is 6.04 Å². The zero-order valence-corrected chi connectivity index (χ0v) is 11.6. The van der Waals surface area contributed by atoms with Crippen LogP contribution in [0.1, 0.15) is 25.5 Å². The molecule has 1 aromatic heterocycles. The maximum absolute atomic E-state index is 5.81. The molecule has 1 fully saturated rings. The van der Waals surface area contributed by atoms with E-state index >= 15 is 0 Å². The Balaban J connectivity index is 1.53. The van der Waals surface area contributed by atoms with Gasteiger partial charge < -0.3 is 14.6 Å². The normalized spacial score (nSPS) is 18.2. The Hall–Kier alpha value is -1.32. The minimum atomic E-state index is 0.506. The number of likely N-dealkylation sites (tertiary alicyclic amines) is 1. The average Bonchev–Trinajstić information content (AvgIpc) is 3.04. The van der Waals surface area contributed by atoms with Gasteiger partial charge in [0.2, 0.25) is 0 Å². The molecule has 1 unspecified atom stereocenters. The largest absolute Gasteiger partial charge is 0.460 e. The maximum atomic E-state index is 5.81. The van der Waals surface area contributed by atoms with Gasteiger partial charge in [-0.05, 0) is 45.0 Å². The summed E-state index contributed by atoms with van der Waals surface area (Å²) in [6.07, 6.45) is 2.71. The predicted molar refractivity (Wildman–Crippen MR) is 78.2 cm³/mol. The van der Waals surface area contributed by atoms with E-state index in [1.165, 1.54) is 31.3 Å². The van der Waals surface area contributed by atoms with Crippen molar-refractivity contribution < 1.29 is 4.42 Å². The minimum Gasteiger partial charge on any atom is -0.460 e. The van der Waals surface area contributed by atoms with Crippen LogP contribution in [-0.2, 0) is 6.54 Å². The van der Waals surface area contributed by atoms with Crippen molar-refractivity contribution in [3.63, 3.8) is 0 Å². The molecular formula is C16H22N2O. The molecule has 1 aromatic carbocycles. The van der Waals surface area contributed by atoms with Crippen molar-refractivity contribution >= 4 is 11.0 Å². The van der Waals surface area contributed by atoms with Crippen LogP contribution in [0.2, 0.25) is 0 Å². The second-order valence-corrected chi connectivity index (χ2v) is 5.54. The molecule has 0 saturated carbocycles. The molecule has 2 heterocycles. The second kappa shape index (κ2) is 5.76. The first-order chi connectivity index (χ1) is 9.31. The number of nitrogens with one attached hydrogen (secondary N) is 1. The molecule has 3 heteroatoms. The molecule has 1 aliphatic rings. The van der Waals surface area contributed by atoms with Crippen molar-refractivity contribution in [2.75, 3.05) is 19.6 Å². The third-order valence-electron chi connectivity index (χ3n) is 3.83. The van der Waals surface area contributed by atoms with E-state index in [-0.39, 0.29) is 0 Å². The Morgan fingerprint density at radius 2 is 2.05 bits per heavy atom. The lowest BCUT2D eigenvalue weighted by molar-refractivity contribution is 0.295. The van der Waals surface area contributed by atoms with E-state index in [0.717, 1.165) is 24.4 Å². The number of hydrogen-bond acceptors (Lipinski definition) is 3. The first-order valence-electron chi connectivity index (χ1n) is 7.24. The van der Waals surface area contributed by atoms with Gasteiger partial charge in [0.05, 0.1) is 6.54 Å². The molecule has 0 aliphatic carbocycles. The second-order valence-electron chi connectivity index (χ2n) is 5.54. The number of nitrogens with zero attached hydrogens (tertiary/aromatic N) is 1. The van der Waals surface area contributed by atoms with Crippen LogP contribution in [0, 0.1) is 0 Å². The van der Waals surface area contributed by atoms with Crippen molar-refractivity contribution in [1.29, 1.82) is 0 Å². The summed E-state index contributed by atoms with van der Waals surface area (Å²) in [4.78, 5) is 2.54. The summed E-state index contributed by atoms with van der Waals surface area (Å²) in [5.41, 5.74) is 0.978. The lowest BCUT2D eigenvalue weighted by atomic mass is 10.2. The Morgan fingerprint density at radius 3 is 2.84 bits per heavy atom. The molecule has 0 radical (unpaired) electrons. The van der Waals surface area contributed by atoms with Gasteiger partial charge in [-0.1, -0.05) is 18.2 Å². The predicted octanol–water partition coefficient (Wildman–Crippen LogP) is 3.01. The Bertz CT molecular complexity index is 495. The number of para-hydroxylation sites is 1. The molecule has 0 bridgehead atoms. The smallest absolute Gasteiger partial charge is 0.134 e. The van der Waals surface area contributed by atoms with Gasteiger partial charge in [0.25, 0.3) is 0 Å². The molecule has 0 amide bonds. The highest BCUT2D eigenvalue weighted by Crippen LogP contribution is 2.18. The standard InChI is InChI=1S/C16H22N2O/c1-13(12-18-8-4-5-9-18)17-11-15-10-14-6-2-3-7-16(14)19-15/h2-3,6-7,10,13,17H,4-5,8-9,11-12H2,1H3. The summed E-state index contributed by atoms with van der Waals surface area (Å²) in [5, 5.41) is 4.74. The van der Waals surface area contributed by atoms with Crippen molar-refractivity contribution in [3.8, 4) is 0 Å². The van der Waals surface area contributed by atoms with E-state index in [9.17, 15) is 0 Å². The molecule has 1 aliphatic heterocycles. The van der Waals surface area contributed by atoms with Gasteiger partial charge in [-0.25, -0.2) is 0 Å². The fourth-order valence-electron chi connectivity index (χ4n) is 2.82. The third-order valence-corrected chi connectivity index (χ3v) is 3.83. The van der Waals surface area contributed by atoms with Crippen molar-refractivity contribution in [1.82, 2.24) is 10.2 Å². The van der Waals surface area contributed by atoms with Gasteiger partial charge >= 0.3 is 0 Å². The van der Waals surface area contributed by atoms with Gasteiger partial charge in [-0.3, -0.25) is 0 Å². The average molecular weight is 258 g/mol. The minimum absolute atomic E-state index is 0.506. The van der Waals surface area contributed by atoms with Crippen LogP contribution in [-0.4, -0.2) is 30.6 Å². The zero-order chi connectivity index (χ0) is 13.1. The molecule has 19 heavy (non-hydrogen) atoms. The lowest BCUT2D eigenvalue weighted by Gasteiger charge is -2.20. The van der Waals surface area contributed by atoms with Crippen LogP contribution >= 0.6 is 0 Å². The van der Waals surface area contributed by atoms with Gasteiger partial charge in [0, 0.05) is 18.0 Å². The van der Waals surface area contributed by atoms with Crippen molar-refractivity contribution in [2.45, 2.75) is 32.4 Å². The Kier molecular flexibility index (Phi) is 3.85. The summed E-state index contributed by atoms with van der Waals surface area (Å²) in [7, 11) is 0. The molecule has 1 atom stereocenters. The Morgan fingerprint density at radius 1 is 1.26 bits per heavy atom. The van der Waals surface area contributed by atoms with Gasteiger partial charge in [0.1, 0.15) is 11.3 Å². The summed E-state index contributed by atoms with van der Waals surface area (Å²) in [5.74, 6) is 1.02. The fraction of sp³-hybridized carbons (Fsp3) is 0.500. The number of benzene rings is 1. The highest BCUT2D eigenvalue weighted by Gasteiger charge is 2.14. The monoisotopic (exact) mass is 258 g/mol. The molecule has 0 spiro atoms. The van der Waals surface area contributed by atoms with Crippen LogP contribution in [0.4, 0.5) is 0 Å². The van der Waals surface area contributed by atoms with Crippen molar-refractivity contribution in [3.05, 3.63) is 36.1 Å². The van der Waals surface area contributed by atoms with E-state index in [1.807, 2.05) is 18.2 Å².